The van der Waals surface area contributed by atoms with Gasteiger partial charge in [-0.3, -0.25) is 0 Å². The summed E-state index contributed by atoms with van der Waals surface area (Å²) in [6, 6.07) is 7.82. The van der Waals surface area contributed by atoms with Gasteiger partial charge in [0, 0.05) is 23.2 Å². The molecule has 0 fully saturated rings. The molecule has 84 valence electrons. The van der Waals surface area contributed by atoms with Gasteiger partial charge >= 0.3 is 0 Å². The molecule has 0 bridgehead atoms. The molecule has 0 amide bonds. The number of anilines is 1. The minimum absolute atomic E-state index is 0.777. The zero-order valence-corrected chi connectivity index (χ0v) is 10.3. The van der Waals surface area contributed by atoms with Crippen molar-refractivity contribution in [1.82, 2.24) is 9.88 Å². The van der Waals surface area contributed by atoms with Gasteiger partial charge in [-0.25, -0.2) is 4.98 Å². The molecule has 0 saturated carbocycles. The fourth-order valence-corrected chi connectivity index (χ4v) is 2.40. The summed E-state index contributed by atoms with van der Waals surface area (Å²) in [5.41, 5.74) is 8.62. The van der Waals surface area contributed by atoms with Crippen molar-refractivity contribution in [2.24, 2.45) is 0 Å². The lowest BCUT2D eigenvalue weighted by Gasteiger charge is -2.05. The Hall–Kier alpha value is -1.39. The number of nitrogen functional groups attached to an aromatic ring is 1. The van der Waals surface area contributed by atoms with Gasteiger partial charge in [-0.1, -0.05) is 12.1 Å². The molecule has 0 aliphatic heterocycles. The van der Waals surface area contributed by atoms with E-state index in [9.17, 15) is 0 Å². The lowest BCUT2D eigenvalue weighted by molar-refractivity contribution is 0.402. The molecule has 0 unspecified atom stereocenters. The highest BCUT2D eigenvalue weighted by molar-refractivity contribution is 7.09. The van der Waals surface area contributed by atoms with Crippen LogP contribution in [0.25, 0.3) is 11.3 Å². The highest BCUT2D eigenvalue weighted by Crippen LogP contribution is 2.23. The molecule has 2 rings (SSSR count). The molecule has 16 heavy (non-hydrogen) atoms. The first-order valence-electron chi connectivity index (χ1n) is 5.10. The highest BCUT2D eigenvalue weighted by atomic mass is 32.1. The van der Waals surface area contributed by atoms with Crippen LogP contribution in [0.4, 0.5) is 5.69 Å². The molecule has 0 radical (unpaired) electrons. The topological polar surface area (TPSA) is 42.2 Å². The van der Waals surface area contributed by atoms with Crippen molar-refractivity contribution in [3.63, 3.8) is 0 Å². The van der Waals surface area contributed by atoms with Gasteiger partial charge < -0.3 is 10.6 Å². The largest absolute Gasteiger partial charge is 0.399 e. The van der Waals surface area contributed by atoms with Crippen LogP contribution >= 0.6 is 11.3 Å². The van der Waals surface area contributed by atoms with E-state index in [1.807, 2.05) is 38.4 Å². The Balaban J connectivity index is 2.24. The predicted octanol–water partition coefficient (Wildman–Crippen LogP) is 2.45. The van der Waals surface area contributed by atoms with Crippen LogP contribution in [0.1, 0.15) is 5.01 Å². The number of nitrogens with zero attached hydrogens (tertiary/aromatic N) is 2. The van der Waals surface area contributed by atoms with Gasteiger partial charge in [0.15, 0.2) is 0 Å². The Morgan fingerprint density at radius 2 is 2.19 bits per heavy atom. The second-order valence-electron chi connectivity index (χ2n) is 3.99. The molecule has 0 spiro atoms. The summed E-state index contributed by atoms with van der Waals surface area (Å²) in [6.07, 6.45) is 0. The van der Waals surface area contributed by atoms with Gasteiger partial charge in [-0.15, -0.1) is 11.3 Å². The van der Waals surface area contributed by atoms with Crippen molar-refractivity contribution in [1.29, 1.82) is 0 Å². The number of rotatable bonds is 3. The van der Waals surface area contributed by atoms with E-state index in [1.54, 1.807) is 11.3 Å². The first-order chi connectivity index (χ1) is 7.65. The molecule has 4 heteroatoms. The summed E-state index contributed by atoms with van der Waals surface area (Å²) in [5.74, 6) is 0. The summed E-state index contributed by atoms with van der Waals surface area (Å²) < 4.78 is 0. The molecule has 0 aliphatic rings. The van der Waals surface area contributed by atoms with Gasteiger partial charge in [0.25, 0.3) is 0 Å². The van der Waals surface area contributed by atoms with Crippen molar-refractivity contribution in [3.8, 4) is 11.3 Å². The van der Waals surface area contributed by atoms with Gasteiger partial charge in [0.05, 0.1) is 5.69 Å². The standard InChI is InChI=1S/C12H15N3S/c1-15(2)7-12-14-11(8-16-12)9-4-3-5-10(13)6-9/h3-6,8H,7,13H2,1-2H3. The van der Waals surface area contributed by atoms with E-state index in [0.717, 1.165) is 28.5 Å². The SMILES string of the molecule is CN(C)Cc1nc(-c2cccc(N)c2)cs1. The maximum atomic E-state index is 5.75. The molecule has 2 N–H and O–H groups in total. The third-order valence-corrected chi connectivity index (χ3v) is 3.02. The van der Waals surface area contributed by atoms with E-state index < -0.39 is 0 Å². The zero-order chi connectivity index (χ0) is 11.5. The number of hydrogen-bond acceptors (Lipinski definition) is 4. The van der Waals surface area contributed by atoms with Gasteiger partial charge in [-0.2, -0.15) is 0 Å². The van der Waals surface area contributed by atoms with Crippen molar-refractivity contribution in [3.05, 3.63) is 34.7 Å². The van der Waals surface area contributed by atoms with Crippen molar-refractivity contribution < 1.29 is 0 Å². The lowest BCUT2D eigenvalue weighted by atomic mass is 10.1. The Labute approximate surface area is 99.5 Å². The maximum absolute atomic E-state index is 5.75. The van der Waals surface area contributed by atoms with E-state index >= 15 is 0 Å². The van der Waals surface area contributed by atoms with Crippen LogP contribution in [0.2, 0.25) is 0 Å². The maximum Gasteiger partial charge on any atom is 0.107 e. The average Bonchev–Trinajstić information content (AvgIpc) is 2.65. The second kappa shape index (κ2) is 4.63. The Morgan fingerprint density at radius 3 is 2.88 bits per heavy atom. The lowest BCUT2D eigenvalue weighted by Crippen LogP contribution is -2.10. The number of thiazole rings is 1. The summed E-state index contributed by atoms with van der Waals surface area (Å²) in [6.45, 7) is 0.882. The van der Waals surface area contributed by atoms with Crippen LogP contribution in [-0.4, -0.2) is 24.0 Å². The molecule has 1 aromatic heterocycles. The molecule has 0 saturated heterocycles. The van der Waals surface area contributed by atoms with Crippen molar-refractivity contribution in [2.75, 3.05) is 19.8 Å². The molecule has 0 aliphatic carbocycles. The molecule has 1 heterocycles. The van der Waals surface area contributed by atoms with Crippen LogP contribution in [0, 0.1) is 0 Å². The number of hydrogen-bond donors (Lipinski definition) is 1. The van der Waals surface area contributed by atoms with Crippen LogP contribution in [0.15, 0.2) is 29.6 Å². The number of nitrogens with two attached hydrogens (primary N) is 1. The van der Waals surface area contributed by atoms with Crippen LogP contribution < -0.4 is 5.73 Å². The quantitative estimate of drug-likeness (QED) is 0.828. The predicted molar refractivity (Wildman–Crippen MR) is 69.4 cm³/mol. The first-order valence-corrected chi connectivity index (χ1v) is 5.98. The van der Waals surface area contributed by atoms with Gasteiger partial charge in [-0.05, 0) is 26.2 Å². The summed E-state index contributed by atoms with van der Waals surface area (Å²) >= 11 is 1.68. The first kappa shape index (κ1) is 11.1. The van der Waals surface area contributed by atoms with Crippen LogP contribution in [0.3, 0.4) is 0 Å². The fourth-order valence-electron chi connectivity index (χ4n) is 1.48. The normalized spacial score (nSPS) is 10.9. The molecular formula is C12H15N3S. The number of aromatic nitrogens is 1. The highest BCUT2D eigenvalue weighted by Gasteiger charge is 2.05. The second-order valence-corrected chi connectivity index (χ2v) is 4.93. The number of benzene rings is 1. The molecule has 1 aromatic carbocycles. The Kier molecular flexibility index (Phi) is 3.22. The van der Waals surface area contributed by atoms with E-state index in [2.05, 4.69) is 15.3 Å². The molecule has 2 aromatic rings. The van der Waals surface area contributed by atoms with E-state index in [1.165, 1.54) is 0 Å². The Bertz CT molecular complexity index is 477. The summed E-state index contributed by atoms with van der Waals surface area (Å²) in [4.78, 5) is 6.70. The molecule has 3 nitrogen and oxygen atoms in total. The smallest absolute Gasteiger partial charge is 0.107 e. The minimum atomic E-state index is 0.777. The molecular weight excluding hydrogens is 218 g/mol. The van der Waals surface area contributed by atoms with E-state index in [4.69, 9.17) is 5.73 Å². The Morgan fingerprint density at radius 1 is 1.38 bits per heavy atom. The third kappa shape index (κ3) is 2.59. The monoisotopic (exact) mass is 233 g/mol. The van der Waals surface area contributed by atoms with Crippen LogP contribution in [0.5, 0.6) is 0 Å². The molecule has 0 atom stereocenters. The third-order valence-electron chi connectivity index (χ3n) is 2.19. The van der Waals surface area contributed by atoms with Gasteiger partial charge in [0.2, 0.25) is 0 Å². The zero-order valence-electron chi connectivity index (χ0n) is 9.47. The van der Waals surface area contributed by atoms with E-state index in [0.29, 0.717) is 0 Å². The minimum Gasteiger partial charge on any atom is -0.399 e. The summed E-state index contributed by atoms with van der Waals surface area (Å²) in [7, 11) is 4.09. The summed E-state index contributed by atoms with van der Waals surface area (Å²) in [5, 5.41) is 3.20. The van der Waals surface area contributed by atoms with Crippen molar-refractivity contribution in [2.45, 2.75) is 6.54 Å². The van der Waals surface area contributed by atoms with Crippen molar-refractivity contribution >= 4 is 17.0 Å². The van der Waals surface area contributed by atoms with Crippen LogP contribution in [-0.2, 0) is 6.54 Å². The van der Waals surface area contributed by atoms with E-state index in [-0.39, 0.29) is 0 Å². The fraction of sp³-hybridized carbons (Fsp3) is 0.250. The average molecular weight is 233 g/mol. The van der Waals surface area contributed by atoms with Gasteiger partial charge in [0.1, 0.15) is 5.01 Å².